The third-order valence-electron chi connectivity index (χ3n) is 6.89. The fraction of sp³-hybridized carbons (Fsp3) is 0.429. The number of hydrogen-bond donors (Lipinski definition) is 0. The standard InChI is InChI=1S/C28H32O6/c1-6-23(29)33-16(3)14-31-27-21-10-8-9-11-22(21)28(32-15-17(4)34-24(30)7-2)26-20-13-12-19(18(20)5)25(26)27/h6-11,16-20H,1-2,12-15H2,3-5H3. The van der Waals surface area contributed by atoms with Crippen molar-refractivity contribution >= 4 is 22.7 Å². The number of fused-ring (bicyclic) bond motifs is 6. The third-order valence-corrected chi connectivity index (χ3v) is 6.89. The summed E-state index contributed by atoms with van der Waals surface area (Å²) in [7, 11) is 0. The summed E-state index contributed by atoms with van der Waals surface area (Å²) in [5.41, 5.74) is 2.41. The molecule has 2 aromatic rings. The number of ether oxygens (including phenoxy) is 4. The van der Waals surface area contributed by atoms with Crippen LogP contribution in [0.15, 0.2) is 49.6 Å². The van der Waals surface area contributed by atoms with Gasteiger partial charge in [0.2, 0.25) is 0 Å². The number of hydrogen-bond acceptors (Lipinski definition) is 6. The molecule has 34 heavy (non-hydrogen) atoms. The van der Waals surface area contributed by atoms with Gasteiger partial charge in [-0.15, -0.1) is 0 Å². The lowest BCUT2D eigenvalue weighted by molar-refractivity contribution is -0.144. The van der Waals surface area contributed by atoms with Crippen molar-refractivity contribution in [2.45, 2.75) is 57.7 Å². The predicted octanol–water partition coefficient (Wildman–Crippen LogP) is 5.44. The molecular weight excluding hydrogens is 432 g/mol. The fourth-order valence-electron chi connectivity index (χ4n) is 5.40. The van der Waals surface area contributed by atoms with E-state index in [-0.39, 0.29) is 13.2 Å². The molecule has 0 aliphatic heterocycles. The van der Waals surface area contributed by atoms with Gasteiger partial charge in [-0.25, -0.2) is 9.59 Å². The zero-order valence-electron chi connectivity index (χ0n) is 20.0. The Morgan fingerprint density at radius 2 is 1.29 bits per heavy atom. The van der Waals surface area contributed by atoms with Crippen LogP contribution in [-0.2, 0) is 19.1 Å². The van der Waals surface area contributed by atoms with Gasteiger partial charge in [0.1, 0.15) is 36.9 Å². The maximum atomic E-state index is 11.6. The molecule has 2 aliphatic rings. The van der Waals surface area contributed by atoms with E-state index in [1.807, 2.05) is 38.1 Å². The van der Waals surface area contributed by atoms with Gasteiger partial charge in [0.25, 0.3) is 0 Å². The highest BCUT2D eigenvalue weighted by atomic mass is 16.6. The molecule has 0 amide bonds. The van der Waals surface area contributed by atoms with Gasteiger partial charge in [-0.3, -0.25) is 0 Å². The van der Waals surface area contributed by atoms with Gasteiger partial charge in [-0.2, -0.15) is 0 Å². The van der Waals surface area contributed by atoms with Crippen molar-refractivity contribution in [2.24, 2.45) is 5.92 Å². The van der Waals surface area contributed by atoms with Crippen LogP contribution < -0.4 is 9.47 Å². The Kier molecular flexibility index (Phi) is 6.96. The minimum absolute atomic E-state index is 0.247. The quantitative estimate of drug-likeness (QED) is 0.344. The summed E-state index contributed by atoms with van der Waals surface area (Å²) in [6, 6.07) is 8.04. The lowest BCUT2D eigenvalue weighted by Crippen LogP contribution is -2.22. The monoisotopic (exact) mass is 464 g/mol. The van der Waals surface area contributed by atoms with Crippen molar-refractivity contribution in [1.82, 2.24) is 0 Å². The van der Waals surface area contributed by atoms with E-state index >= 15 is 0 Å². The van der Waals surface area contributed by atoms with Crippen LogP contribution in [0.1, 0.15) is 56.6 Å². The first kappa shape index (κ1) is 23.9. The van der Waals surface area contributed by atoms with Crippen molar-refractivity contribution in [3.63, 3.8) is 0 Å². The van der Waals surface area contributed by atoms with Crippen molar-refractivity contribution in [1.29, 1.82) is 0 Å². The molecule has 2 aromatic carbocycles. The highest BCUT2D eigenvalue weighted by Gasteiger charge is 2.48. The molecule has 180 valence electrons. The zero-order chi connectivity index (χ0) is 24.4. The van der Waals surface area contributed by atoms with Gasteiger partial charge >= 0.3 is 11.9 Å². The van der Waals surface area contributed by atoms with Crippen LogP contribution in [0.5, 0.6) is 11.5 Å². The smallest absolute Gasteiger partial charge is 0.330 e. The van der Waals surface area contributed by atoms with Gasteiger partial charge in [0.15, 0.2) is 0 Å². The minimum atomic E-state index is -0.464. The van der Waals surface area contributed by atoms with Gasteiger partial charge in [-0.05, 0) is 44.4 Å². The minimum Gasteiger partial charge on any atom is -0.489 e. The fourth-order valence-corrected chi connectivity index (χ4v) is 5.40. The molecule has 0 N–H and O–H groups in total. The van der Waals surface area contributed by atoms with Gasteiger partial charge in [0.05, 0.1) is 0 Å². The molecule has 0 spiro atoms. The van der Waals surface area contributed by atoms with Gasteiger partial charge in [0, 0.05) is 34.1 Å². The van der Waals surface area contributed by atoms with E-state index in [4.69, 9.17) is 18.9 Å². The van der Waals surface area contributed by atoms with E-state index in [0.29, 0.717) is 17.8 Å². The SMILES string of the molecule is C=CC(=O)OC(C)COc1c2c(c(OCC(C)OC(=O)C=C)c3ccccc13)C1CCC2C1C. The average molecular weight is 465 g/mol. The van der Waals surface area contributed by atoms with Crippen molar-refractivity contribution < 1.29 is 28.5 Å². The highest BCUT2D eigenvalue weighted by Crippen LogP contribution is 2.63. The lowest BCUT2D eigenvalue weighted by Gasteiger charge is -2.26. The van der Waals surface area contributed by atoms with Crippen LogP contribution in [0.3, 0.4) is 0 Å². The van der Waals surface area contributed by atoms with Crippen molar-refractivity contribution in [3.05, 3.63) is 60.7 Å². The number of carbonyl (C=O) groups is 2. The molecule has 0 radical (unpaired) electrons. The molecule has 4 unspecified atom stereocenters. The number of esters is 2. The van der Waals surface area contributed by atoms with E-state index in [2.05, 4.69) is 20.1 Å². The third kappa shape index (κ3) is 4.41. The number of rotatable bonds is 10. The first-order chi connectivity index (χ1) is 16.3. The molecule has 2 bridgehead atoms. The van der Waals surface area contributed by atoms with Crippen LogP contribution in [0, 0.1) is 5.92 Å². The summed E-state index contributed by atoms with van der Waals surface area (Å²) < 4.78 is 23.4. The summed E-state index contributed by atoms with van der Waals surface area (Å²) in [6.07, 6.45) is 3.72. The number of benzene rings is 2. The summed E-state index contributed by atoms with van der Waals surface area (Å²) in [5, 5.41) is 1.93. The Morgan fingerprint density at radius 1 is 0.882 bits per heavy atom. The Hall–Kier alpha value is -3.28. The van der Waals surface area contributed by atoms with Gasteiger partial charge in [-0.1, -0.05) is 44.3 Å². The molecule has 2 aliphatic carbocycles. The summed E-state index contributed by atoms with van der Waals surface area (Å²) >= 11 is 0. The van der Waals surface area contributed by atoms with Crippen LogP contribution >= 0.6 is 0 Å². The van der Waals surface area contributed by atoms with E-state index in [9.17, 15) is 9.59 Å². The lowest BCUT2D eigenvalue weighted by atomic mass is 9.87. The second kappa shape index (κ2) is 9.92. The molecule has 1 saturated carbocycles. The second-order valence-corrected chi connectivity index (χ2v) is 9.21. The van der Waals surface area contributed by atoms with E-state index in [1.54, 1.807) is 0 Å². The molecule has 4 rings (SSSR count). The zero-order valence-corrected chi connectivity index (χ0v) is 20.0. The Morgan fingerprint density at radius 3 is 1.68 bits per heavy atom. The van der Waals surface area contributed by atoms with E-state index in [1.165, 1.54) is 11.1 Å². The predicted molar refractivity (Wildman–Crippen MR) is 130 cm³/mol. The summed E-state index contributed by atoms with van der Waals surface area (Å²) in [5.74, 6) is 2.05. The number of carbonyl (C=O) groups excluding carboxylic acids is 2. The van der Waals surface area contributed by atoms with Crippen LogP contribution in [-0.4, -0.2) is 37.4 Å². The van der Waals surface area contributed by atoms with Crippen molar-refractivity contribution in [2.75, 3.05) is 13.2 Å². The molecule has 1 fully saturated rings. The molecule has 6 nitrogen and oxygen atoms in total. The van der Waals surface area contributed by atoms with E-state index in [0.717, 1.165) is 47.3 Å². The van der Waals surface area contributed by atoms with Crippen LogP contribution in [0.2, 0.25) is 0 Å². The highest BCUT2D eigenvalue weighted by molar-refractivity contribution is 5.97. The molecule has 0 saturated heterocycles. The van der Waals surface area contributed by atoms with Crippen LogP contribution in [0.4, 0.5) is 0 Å². The Labute approximate surface area is 200 Å². The largest absolute Gasteiger partial charge is 0.489 e. The molecular formula is C28H32O6. The summed E-state index contributed by atoms with van der Waals surface area (Å²) in [4.78, 5) is 23.2. The molecule has 4 atom stereocenters. The van der Waals surface area contributed by atoms with E-state index < -0.39 is 24.1 Å². The first-order valence-corrected chi connectivity index (χ1v) is 11.9. The normalized spacial score (nSPS) is 21.9. The molecule has 0 heterocycles. The first-order valence-electron chi connectivity index (χ1n) is 11.9. The van der Waals surface area contributed by atoms with Crippen molar-refractivity contribution in [3.8, 4) is 11.5 Å². The Balaban J connectivity index is 1.71. The summed E-state index contributed by atoms with van der Waals surface area (Å²) in [6.45, 7) is 13.3. The maximum Gasteiger partial charge on any atom is 0.330 e. The second-order valence-electron chi connectivity index (χ2n) is 9.21. The maximum absolute atomic E-state index is 11.6. The topological polar surface area (TPSA) is 71.1 Å². The Bertz CT molecular complexity index is 1030. The average Bonchev–Trinajstić information content (AvgIpc) is 3.33. The van der Waals surface area contributed by atoms with Crippen LogP contribution in [0.25, 0.3) is 10.8 Å². The molecule has 0 aromatic heterocycles. The van der Waals surface area contributed by atoms with Gasteiger partial charge < -0.3 is 18.9 Å². The molecule has 6 heteroatoms.